The average Bonchev–Trinajstić information content (AvgIpc) is 3.67. The molecule has 40 heavy (non-hydrogen) atoms. The van der Waals surface area contributed by atoms with Crippen molar-refractivity contribution in [2.45, 2.75) is 24.9 Å². The molecule has 4 aromatic rings. The molecular weight excluding hydrogens is 515 g/mol. The summed E-state index contributed by atoms with van der Waals surface area (Å²) in [5.74, 6) is 0.457. The van der Waals surface area contributed by atoms with Gasteiger partial charge in [0.1, 0.15) is 12.1 Å². The highest BCUT2D eigenvalue weighted by Crippen LogP contribution is 2.37. The first-order valence-electron chi connectivity index (χ1n) is 13.3. The van der Waals surface area contributed by atoms with Gasteiger partial charge in [0.25, 0.3) is 0 Å². The molecule has 0 atom stereocenters. The van der Waals surface area contributed by atoms with Crippen molar-refractivity contribution in [3.63, 3.8) is 0 Å². The third kappa shape index (κ3) is 4.95. The van der Waals surface area contributed by atoms with Gasteiger partial charge in [-0.1, -0.05) is 0 Å². The van der Waals surface area contributed by atoms with E-state index in [4.69, 9.17) is 4.98 Å². The highest BCUT2D eigenvalue weighted by atomic mass is 19.1. The van der Waals surface area contributed by atoms with Crippen molar-refractivity contribution >= 4 is 28.9 Å². The van der Waals surface area contributed by atoms with Gasteiger partial charge in [-0.2, -0.15) is 20.4 Å². The maximum atomic E-state index is 12.8. The number of alkyl halides is 1. The second-order valence-corrected chi connectivity index (χ2v) is 10.5. The van der Waals surface area contributed by atoms with Crippen LogP contribution in [0.1, 0.15) is 12.0 Å². The molecule has 2 aliphatic heterocycles. The van der Waals surface area contributed by atoms with Crippen molar-refractivity contribution in [3.8, 4) is 6.07 Å². The molecule has 2 fully saturated rings. The van der Waals surface area contributed by atoms with Gasteiger partial charge in [-0.25, -0.2) is 4.52 Å². The highest BCUT2D eigenvalue weighted by molar-refractivity contribution is 5.76. The van der Waals surface area contributed by atoms with E-state index in [1.807, 2.05) is 29.4 Å². The van der Waals surface area contributed by atoms with Crippen molar-refractivity contribution in [3.05, 3.63) is 48.7 Å². The highest BCUT2D eigenvalue weighted by Gasteiger charge is 2.46. The summed E-state index contributed by atoms with van der Waals surface area (Å²) in [6.45, 7) is 4.09. The monoisotopic (exact) mass is 546 g/mol. The first kappa shape index (κ1) is 25.8. The fraction of sp³-hybridized carbons (Fsp3) is 0.462. The topological polar surface area (TPSA) is 128 Å². The Morgan fingerprint density at radius 2 is 2.00 bits per heavy atom. The summed E-state index contributed by atoms with van der Waals surface area (Å²) < 4.78 is 17.9. The van der Waals surface area contributed by atoms with Gasteiger partial charge in [0.2, 0.25) is 11.9 Å². The van der Waals surface area contributed by atoms with Crippen LogP contribution >= 0.6 is 0 Å². The first-order chi connectivity index (χ1) is 19.5. The number of amides is 1. The van der Waals surface area contributed by atoms with Crippen LogP contribution < -0.4 is 10.2 Å². The number of nitriles is 1. The molecule has 2 aliphatic rings. The minimum absolute atomic E-state index is 0.0500. The van der Waals surface area contributed by atoms with Crippen molar-refractivity contribution in [2.24, 2.45) is 0 Å². The second kappa shape index (κ2) is 10.6. The number of carbonyl (C=O) groups excluding carboxylic acids is 1. The summed E-state index contributed by atoms with van der Waals surface area (Å²) in [5.41, 5.74) is 2.59. The minimum Gasteiger partial charge on any atom is -0.363 e. The quantitative estimate of drug-likeness (QED) is 0.330. The van der Waals surface area contributed by atoms with Crippen molar-refractivity contribution < 1.29 is 9.18 Å². The molecule has 6 rings (SSSR count). The lowest BCUT2D eigenvalue weighted by atomic mass is 9.86. The normalized spacial score (nSPS) is 17.1. The Hall–Kier alpha value is -4.51. The van der Waals surface area contributed by atoms with Gasteiger partial charge in [-0.15, -0.1) is 5.10 Å². The number of piperazine rings is 1. The van der Waals surface area contributed by atoms with Crippen LogP contribution in [0, 0.1) is 11.3 Å². The lowest BCUT2D eigenvalue weighted by molar-refractivity contribution is -0.133. The van der Waals surface area contributed by atoms with Crippen LogP contribution in [0.25, 0.3) is 5.65 Å². The number of hydrogen-bond donors (Lipinski definition) is 1. The standard InChI is InChI=1S/C26H31FN12O/c1-34-9-11-35(12-10-34)23(40)17-37-16-21(14-29-37)31-25-32-24-22(3-2-8-38(24)33-25)36-18-26(19-36,5-7-28)39-15-20(4-6-27)13-30-39/h2-3,8,13-16H,4-6,9-12,17-19H2,1H3,(H,31,33). The Bertz CT molecular complexity index is 1540. The molecule has 0 bridgehead atoms. The molecule has 1 N–H and O–H groups in total. The second-order valence-electron chi connectivity index (χ2n) is 10.5. The smallest absolute Gasteiger partial charge is 0.247 e. The molecule has 13 nitrogen and oxygen atoms in total. The lowest BCUT2D eigenvalue weighted by Crippen LogP contribution is -2.63. The molecule has 14 heteroatoms. The van der Waals surface area contributed by atoms with Gasteiger partial charge in [-0.3, -0.25) is 18.5 Å². The Morgan fingerprint density at radius 3 is 2.77 bits per heavy atom. The van der Waals surface area contributed by atoms with Gasteiger partial charge in [0.05, 0.1) is 42.9 Å². The van der Waals surface area contributed by atoms with E-state index in [2.05, 4.69) is 43.5 Å². The molecular formula is C26H31FN12O. The number of aromatic nitrogens is 7. The first-order valence-corrected chi connectivity index (χ1v) is 13.3. The third-order valence-corrected chi connectivity index (χ3v) is 7.61. The van der Waals surface area contributed by atoms with E-state index in [0.29, 0.717) is 43.2 Å². The number of nitrogens with one attached hydrogen (secondary N) is 1. The maximum absolute atomic E-state index is 12.8. The molecule has 0 spiro atoms. The van der Waals surface area contributed by atoms with Crippen molar-refractivity contribution in [1.29, 1.82) is 5.26 Å². The number of likely N-dealkylation sites (N-methyl/N-ethyl adjacent to an activating group) is 1. The summed E-state index contributed by atoms with van der Waals surface area (Å²) in [5, 5.41) is 26.0. The third-order valence-electron chi connectivity index (χ3n) is 7.61. The van der Waals surface area contributed by atoms with E-state index in [1.165, 1.54) is 0 Å². The molecule has 0 aromatic carbocycles. The molecule has 0 radical (unpaired) electrons. The molecule has 0 aliphatic carbocycles. The van der Waals surface area contributed by atoms with Gasteiger partial charge in [-0.05, 0) is 24.7 Å². The Balaban J connectivity index is 1.14. The molecule has 208 valence electrons. The van der Waals surface area contributed by atoms with Crippen LogP contribution in [0.4, 0.5) is 21.7 Å². The van der Waals surface area contributed by atoms with E-state index in [9.17, 15) is 14.4 Å². The number of anilines is 3. The fourth-order valence-electron chi connectivity index (χ4n) is 5.31. The van der Waals surface area contributed by atoms with Crippen LogP contribution in [0.15, 0.2) is 43.1 Å². The summed E-state index contributed by atoms with van der Waals surface area (Å²) >= 11 is 0. The summed E-state index contributed by atoms with van der Waals surface area (Å²) in [4.78, 5) is 23.6. The number of hydrogen-bond acceptors (Lipinski definition) is 9. The molecule has 1 amide bonds. The average molecular weight is 547 g/mol. The van der Waals surface area contributed by atoms with E-state index in [1.54, 1.807) is 32.5 Å². The molecule has 4 aromatic heterocycles. The number of rotatable bonds is 9. The number of aryl methyl sites for hydroxylation is 1. The summed E-state index contributed by atoms with van der Waals surface area (Å²) in [6.07, 6.45) is 9.37. The molecule has 2 saturated heterocycles. The largest absolute Gasteiger partial charge is 0.363 e. The van der Waals surface area contributed by atoms with Crippen molar-refractivity contribution in [2.75, 3.05) is 63.2 Å². The van der Waals surface area contributed by atoms with Crippen LogP contribution in [0.3, 0.4) is 0 Å². The number of fused-ring (bicyclic) bond motifs is 1. The summed E-state index contributed by atoms with van der Waals surface area (Å²) in [7, 11) is 2.06. The van der Waals surface area contributed by atoms with Gasteiger partial charge >= 0.3 is 0 Å². The minimum atomic E-state index is -0.479. The molecule has 0 unspecified atom stereocenters. The van der Waals surface area contributed by atoms with E-state index < -0.39 is 12.2 Å². The van der Waals surface area contributed by atoms with Crippen LogP contribution in [-0.4, -0.2) is 103 Å². The van der Waals surface area contributed by atoms with Crippen molar-refractivity contribution in [1.82, 2.24) is 44.0 Å². The Labute approximate surface area is 230 Å². The fourth-order valence-corrected chi connectivity index (χ4v) is 5.31. The number of halogens is 1. The zero-order valence-corrected chi connectivity index (χ0v) is 22.3. The zero-order valence-electron chi connectivity index (χ0n) is 22.3. The summed E-state index contributed by atoms with van der Waals surface area (Å²) in [6, 6.07) is 6.17. The van der Waals surface area contributed by atoms with E-state index in [0.717, 1.165) is 37.4 Å². The van der Waals surface area contributed by atoms with Crippen LogP contribution in [0.2, 0.25) is 0 Å². The lowest BCUT2D eigenvalue weighted by Gasteiger charge is -2.50. The molecule has 6 heterocycles. The maximum Gasteiger partial charge on any atom is 0.247 e. The van der Waals surface area contributed by atoms with E-state index >= 15 is 0 Å². The number of nitrogens with zero attached hydrogens (tertiary/aromatic N) is 11. The van der Waals surface area contributed by atoms with E-state index in [-0.39, 0.29) is 12.5 Å². The van der Waals surface area contributed by atoms with Crippen LogP contribution in [-0.2, 0) is 23.3 Å². The van der Waals surface area contributed by atoms with Gasteiger partial charge in [0, 0.05) is 64.3 Å². The van der Waals surface area contributed by atoms with Crippen LogP contribution in [0.5, 0.6) is 0 Å². The van der Waals surface area contributed by atoms with Gasteiger partial charge in [0.15, 0.2) is 5.65 Å². The SMILES string of the molecule is CN1CCN(C(=O)Cn2cc(Nc3nc4c(N5CC(CC#N)(n6cc(CCF)cn6)C5)cccn4n3)cn2)CC1. The predicted molar refractivity (Wildman–Crippen MR) is 145 cm³/mol. The van der Waals surface area contributed by atoms with Gasteiger partial charge < -0.3 is 20.0 Å². The Morgan fingerprint density at radius 1 is 1.18 bits per heavy atom. The number of pyridine rings is 1. The predicted octanol–water partition coefficient (Wildman–Crippen LogP) is 1.28. The molecule has 0 saturated carbocycles. The zero-order chi connectivity index (χ0) is 27.7. The Kier molecular flexibility index (Phi) is 6.81. The number of carbonyl (C=O) groups is 1.